The summed E-state index contributed by atoms with van der Waals surface area (Å²) in [5, 5.41) is 4.18. The Hall–Kier alpha value is -1.39. The van der Waals surface area contributed by atoms with Crippen LogP contribution in [-0.4, -0.2) is 38.7 Å². The zero-order valence-electron chi connectivity index (χ0n) is 11.1. The van der Waals surface area contributed by atoms with Gasteiger partial charge in [0.1, 0.15) is 12.7 Å². The molecule has 1 aliphatic heterocycles. The van der Waals surface area contributed by atoms with Crippen molar-refractivity contribution in [2.75, 3.05) is 13.1 Å². The minimum absolute atomic E-state index is 0.299. The Morgan fingerprint density at radius 2 is 2.33 bits per heavy atom. The summed E-state index contributed by atoms with van der Waals surface area (Å²) in [4.78, 5) is 18.0. The summed E-state index contributed by atoms with van der Waals surface area (Å²) in [6.45, 7) is 3.84. The second-order valence-electron chi connectivity index (χ2n) is 4.97. The lowest BCUT2D eigenvalue weighted by atomic mass is 10.0. The van der Waals surface area contributed by atoms with E-state index in [0.717, 1.165) is 45.2 Å². The van der Waals surface area contributed by atoms with Crippen LogP contribution in [0.15, 0.2) is 12.7 Å². The number of hydrogen-bond donors (Lipinski definition) is 0. The van der Waals surface area contributed by atoms with Crippen molar-refractivity contribution in [3.8, 4) is 0 Å². The standard InChI is InChI=1S/C13H22N4O/c1-2-3-4-7-13(18)16-8-5-6-12(9-16)17-11-14-10-15-17/h10-12H,2-9H2,1H3/t12-/m0/s1. The van der Waals surface area contributed by atoms with E-state index in [9.17, 15) is 4.79 Å². The molecule has 0 spiro atoms. The summed E-state index contributed by atoms with van der Waals surface area (Å²) in [5.41, 5.74) is 0. The molecular formula is C13H22N4O. The summed E-state index contributed by atoms with van der Waals surface area (Å²) >= 11 is 0. The second kappa shape index (κ2) is 6.52. The molecule has 0 radical (unpaired) electrons. The number of nitrogens with zero attached hydrogens (tertiary/aromatic N) is 4. The first-order valence-corrected chi connectivity index (χ1v) is 6.93. The van der Waals surface area contributed by atoms with Gasteiger partial charge >= 0.3 is 0 Å². The number of hydrogen-bond acceptors (Lipinski definition) is 3. The van der Waals surface area contributed by atoms with Gasteiger partial charge in [0.25, 0.3) is 0 Å². The van der Waals surface area contributed by atoms with E-state index >= 15 is 0 Å². The number of carbonyl (C=O) groups is 1. The molecule has 1 aromatic rings. The summed E-state index contributed by atoms with van der Waals surface area (Å²) < 4.78 is 1.88. The number of unbranched alkanes of at least 4 members (excludes halogenated alkanes) is 2. The number of amides is 1. The maximum absolute atomic E-state index is 12.1. The first-order valence-electron chi connectivity index (χ1n) is 6.93. The Labute approximate surface area is 108 Å². The average molecular weight is 250 g/mol. The van der Waals surface area contributed by atoms with Gasteiger partial charge in [0.05, 0.1) is 6.04 Å². The predicted octanol–water partition coefficient (Wildman–Crippen LogP) is 2.02. The third kappa shape index (κ3) is 3.31. The molecule has 1 saturated heterocycles. The highest BCUT2D eigenvalue weighted by Crippen LogP contribution is 2.21. The van der Waals surface area contributed by atoms with Gasteiger partial charge in [0.15, 0.2) is 0 Å². The van der Waals surface area contributed by atoms with E-state index in [4.69, 9.17) is 0 Å². The van der Waals surface area contributed by atoms with Gasteiger partial charge in [-0.2, -0.15) is 5.10 Å². The molecule has 0 unspecified atom stereocenters. The van der Waals surface area contributed by atoms with Gasteiger partial charge in [-0.05, 0) is 19.3 Å². The van der Waals surface area contributed by atoms with Gasteiger partial charge in [0, 0.05) is 19.5 Å². The third-order valence-electron chi connectivity index (χ3n) is 3.55. The van der Waals surface area contributed by atoms with E-state index in [2.05, 4.69) is 17.0 Å². The predicted molar refractivity (Wildman–Crippen MR) is 69.0 cm³/mol. The van der Waals surface area contributed by atoms with Gasteiger partial charge in [-0.1, -0.05) is 19.8 Å². The van der Waals surface area contributed by atoms with E-state index in [0.29, 0.717) is 18.4 Å². The van der Waals surface area contributed by atoms with Crippen LogP contribution in [0, 0.1) is 0 Å². The van der Waals surface area contributed by atoms with Crippen molar-refractivity contribution < 1.29 is 4.79 Å². The van der Waals surface area contributed by atoms with E-state index < -0.39 is 0 Å². The Balaban J connectivity index is 1.84. The topological polar surface area (TPSA) is 51.0 Å². The van der Waals surface area contributed by atoms with Crippen LogP contribution in [0.25, 0.3) is 0 Å². The summed E-state index contributed by atoms with van der Waals surface area (Å²) in [7, 11) is 0. The maximum Gasteiger partial charge on any atom is 0.222 e. The first-order chi connectivity index (χ1) is 8.81. The number of likely N-dealkylation sites (tertiary alicyclic amines) is 1. The van der Waals surface area contributed by atoms with Crippen LogP contribution in [0.5, 0.6) is 0 Å². The van der Waals surface area contributed by atoms with Crippen LogP contribution >= 0.6 is 0 Å². The van der Waals surface area contributed by atoms with Gasteiger partial charge < -0.3 is 4.90 Å². The maximum atomic E-state index is 12.1. The Morgan fingerprint density at radius 1 is 1.44 bits per heavy atom. The van der Waals surface area contributed by atoms with Crippen molar-refractivity contribution in [2.45, 2.75) is 51.5 Å². The number of piperidine rings is 1. The van der Waals surface area contributed by atoms with E-state index in [-0.39, 0.29) is 0 Å². The first kappa shape index (κ1) is 13.1. The molecule has 0 aromatic carbocycles. The molecule has 18 heavy (non-hydrogen) atoms. The average Bonchev–Trinajstić information content (AvgIpc) is 2.93. The lowest BCUT2D eigenvalue weighted by Gasteiger charge is -2.32. The molecule has 100 valence electrons. The third-order valence-corrected chi connectivity index (χ3v) is 3.55. The quantitative estimate of drug-likeness (QED) is 0.751. The Kier molecular flexibility index (Phi) is 4.73. The van der Waals surface area contributed by atoms with Gasteiger partial charge in [0.2, 0.25) is 5.91 Å². The zero-order valence-corrected chi connectivity index (χ0v) is 11.1. The van der Waals surface area contributed by atoms with E-state index in [1.54, 1.807) is 12.7 Å². The van der Waals surface area contributed by atoms with Crippen LogP contribution in [0.1, 0.15) is 51.5 Å². The van der Waals surface area contributed by atoms with Gasteiger partial charge in [-0.25, -0.2) is 9.67 Å². The molecule has 1 fully saturated rings. The molecule has 1 aromatic heterocycles. The smallest absolute Gasteiger partial charge is 0.222 e. The molecule has 0 bridgehead atoms. The summed E-state index contributed by atoms with van der Waals surface area (Å²) in [5.74, 6) is 0.299. The normalized spacial score (nSPS) is 20.1. The largest absolute Gasteiger partial charge is 0.341 e. The highest BCUT2D eigenvalue weighted by Gasteiger charge is 2.24. The van der Waals surface area contributed by atoms with Gasteiger partial charge in [-0.3, -0.25) is 4.79 Å². The molecule has 0 N–H and O–H groups in total. The minimum atomic E-state index is 0.299. The summed E-state index contributed by atoms with van der Waals surface area (Å²) in [6, 6.07) is 0.302. The fourth-order valence-corrected chi connectivity index (χ4v) is 2.49. The van der Waals surface area contributed by atoms with Crippen molar-refractivity contribution in [1.82, 2.24) is 19.7 Å². The molecule has 0 aliphatic carbocycles. The molecule has 5 nitrogen and oxygen atoms in total. The molecule has 2 rings (SSSR count). The Morgan fingerprint density at radius 3 is 3.06 bits per heavy atom. The lowest BCUT2D eigenvalue weighted by Crippen LogP contribution is -2.40. The molecule has 1 aliphatic rings. The number of carbonyl (C=O) groups excluding carboxylic acids is 1. The minimum Gasteiger partial charge on any atom is -0.341 e. The zero-order chi connectivity index (χ0) is 12.8. The fourth-order valence-electron chi connectivity index (χ4n) is 2.49. The number of rotatable bonds is 5. The molecule has 0 saturated carbocycles. The van der Waals surface area contributed by atoms with Crippen LogP contribution < -0.4 is 0 Å². The van der Waals surface area contributed by atoms with Crippen LogP contribution in [0.2, 0.25) is 0 Å². The monoisotopic (exact) mass is 250 g/mol. The number of aromatic nitrogens is 3. The Bertz CT molecular complexity index is 363. The van der Waals surface area contributed by atoms with Crippen LogP contribution in [0.4, 0.5) is 0 Å². The molecule has 5 heteroatoms. The second-order valence-corrected chi connectivity index (χ2v) is 4.97. The fraction of sp³-hybridized carbons (Fsp3) is 0.769. The van der Waals surface area contributed by atoms with Crippen molar-refractivity contribution >= 4 is 5.91 Å². The van der Waals surface area contributed by atoms with Crippen molar-refractivity contribution in [3.05, 3.63) is 12.7 Å². The van der Waals surface area contributed by atoms with E-state index in [1.807, 2.05) is 9.58 Å². The van der Waals surface area contributed by atoms with Crippen molar-refractivity contribution in [1.29, 1.82) is 0 Å². The highest BCUT2D eigenvalue weighted by molar-refractivity contribution is 5.76. The lowest BCUT2D eigenvalue weighted by molar-refractivity contribution is -0.133. The molecule has 1 amide bonds. The SMILES string of the molecule is CCCCCC(=O)N1CCC[C@H](n2cncn2)C1. The highest BCUT2D eigenvalue weighted by atomic mass is 16.2. The van der Waals surface area contributed by atoms with E-state index in [1.165, 1.54) is 0 Å². The van der Waals surface area contributed by atoms with Crippen LogP contribution in [-0.2, 0) is 4.79 Å². The molecule has 1 atom stereocenters. The molecule has 2 heterocycles. The van der Waals surface area contributed by atoms with Crippen molar-refractivity contribution in [2.24, 2.45) is 0 Å². The van der Waals surface area contributed by atoms with Crippen molar-refractivity contribution in [3.63, 3.8) is 0 Å². The summed E-state index contributed by atoms with van der Waals surface area (Å²) in [6.07, 6.45) is 9.46. The van der Waals surface area contributed by atoms with Crippen LogP contribution in [0.3, 0.4) is 0 Å². The molecular weight excluding hydrogens is 228 g/mol. The van der Waals surface area contributed by atoms with Gasteiger partial charge in [-0.15, -0.1) is 0 Å².